The fourth-order valence-corrected chi connectivity index (χ4v) is 4.51. The van der Waals surface area contributed by atoms with Gasteiger partial charge in [-0.15, -0.1) is 0 Å². The summed E-state index contributed by atoms with van der Waals surface area (Å²) in [5.74, 6) is -0.0852. The molecule has 1 saturated heterocycles. The predicted octanol–water partition coefficient (Wildman–Crippen LogP) is 2.52. The molecule has 34 heavy (non-hydrogen) atoms. The average molecular weight is 457 g/mol. The number of pyridine rings is 1. The fourth-order valence-electron chi connectivity index (χ4n) is 4.51. The summed E-state index contributed by atoms with van der Waals surface area (Å²) in [5, 5.41) is 4.97. The highest BCUT2D eigenvalue weighted by Gasteiger charge is 2.53. The van der Waals surface area contributed by atoms with Crippen LogP contribution in [-0.2, 0) is 16.9 Å². The number of fused-ring (bicyclic) bond motifs is 2. The zero-order chi connectivity index (χ0) is 23.4. The molecule has 170 valence electrons. The number of carbonyl (C=O) groups is 3. The Bertz CT molecular complexity index is 1470. The molecule has 1 atom stereocenters. The van der Waals surface area contributed by atoms with Crippen molar-refractivity contribution in [2.24, 2.45) is 0 Å². The Kier molecular flexibility index (Phi) is 4.25. The van der Waals surface area contributed by atoms with Crippen LogP contribution in [0.1, 0.15) is 21.7 Å². The van der Waals surface area contributed by atoms with E-state index in [-0.39, 0.29) is 18.2 Å². The Labute approximate surface area is 192 Å². The molecule has 2 aliphatic rings. The number of nitrogens with one attached hydrogen (secondary N) is 3. The summed E-state index contributed by atoms with van der Waals surface area (Å²) in [6, 6.07) is 11.7. The zero-order valence-corrected chi connectivity index (χ0v) is 18.0. The number of furan rings is 1. The smallest absolute Gasteiger partial charge is 0.322 e. The van der Waals surface area contributed by atoms with E-state index in [2.05, 4.69) is 20.6 Å². The van der Waals surface area contributed by atoms with E-state index in [0.29, 0.717) is 29.0 Å². The summed E-state index contributed by atoms with van der Waals surface area (Å²) in [4.78, 5) is 47.6. The number of rotatable bonds is 5. The molecule has 3 aromatic heterocycles. The molecule has 1 fully saturated rings. The van der Waals surface area contributed by atoms with Gasteiger partial charge >= 0.3 is 6.03 Å². The van der Waals surface area contributed by atoms with Gasteiger partial charge in [-0.3, -0.25) is 14.9 Å². The number of imide groups is 1. The Balaban J connectivity index is 1.39. The van der Waals surface area contributed by atoms with Crippen molar-refractivity contribution < 1.29 is 23.5 Å². The summed E-state index contributed by atoms with van der Waals surface area (Å²) >= 11 is 0. The number of urea groups is 1. The van der Waals surface area contributed by atoms with E-state index >= 15 is 0 Å². The van der Waals surface area contributed by atoms with Gasteiger partial charge < -0.3 is 24.4 Å². The van der Waals surface area contributed by atoms with Crippen LogP contribution in [0.3, 0.4) is 0 Å². The highest BCUT2D eigenvalue weighted by Crippen LogP contribution is 2.35. The van der Waals surface area contributed by atoms with Gasteiger partial charge in [-0.05, 0) is 35.9 Å². The van der Waals surface area contributed by atoms with Crippen molar-refractivity contribution >= 4 is 28.9 Å². The van der Waals surface area contributed by atoms with Gasteiger partial charge in [0.1, 0.15) is 17.0 Å². The molecule has 10 heteroatoms. The summed E-state index contributed by atoms with van der Waals surface area (Å²) < 4.78 is 11.2. The third-order valence-electron chi connectivity index (χ3n) is 6.25. The molecule has 0 radical (unpaired) electrons. The van der Waals surface area contributed by atoms with Crippen LogP contribution >= 0.6 is 0 Å². The van der Waals surface area contributed by atoms with Gasteiger partial charge in [-0.25, -0.2) is 9.78 Å². The summed E-state index contributed by atoms with van der Waals surface area (Å²) in [7, 11) is 1.53. The minimum atomic E-state index is -1.59. The summed E-state index contributed by atoms with van der Waals surface area (Å²) in [6.07, 6.45) is 3.63. The minimum absolute atomic E-state index is 0.106. The lowest BCUT2D eigenvalue weighted by molar-refractivity contribution is -0.125. The van der Waals surface area contributed by atoms with Crippen LogP contribution in [0, 0.1) is 0 Å². The Morgan fingerprint density at radius 3 is 2.76 bits per heavy atom. The minimum Gasteiger partial charge on any atom is -0.497 e. The molecule has 0 unspecified atom stereocenters. The molecular weight excluding hydrogens is 438 g/mol. The highest BCUT2D eigenvalue weighted by atomic mass is 16.5. The number of aromatic nitrogens is 2. The van der Waals surface area contributed by atoms with Crippen molar-refractivity contribution in [3.05, 3.63) is 71.7 Å². The van der Waals surface area contributed by atoms with Gasteiger partial charge in [0.2, 0.25) is 0 Å². The van der Waals surface area contributed by atoms with Crippen molar-refractivity contribution in [3.63, 3.8) is 0 Å². The van der Waals surface area contributed by atoms with Crippen LogP contribution in [0.5, 0.6) is 5.75 Å². The summed E-state index contributed by atoms with van der Waals surface area (Å²) in [6.45, 7) is 0.185. The van der Waals surface area contributed by atoms with E-state index in [4.69, 9.17) is 9.15 Å². The monoisotopic (exact) mass is 457 g/mol. The first kappa shape index (κ1) is 20.0. The first-order valence-corrected chi connectivity index (χ1v) is 10.6. The molecule has 0 saturated carbocycles. The molecule has 10 nitrogen and oxygen atoms in total. The number of hydrogen-bond acceptors (Lipinski definition) is 6. The number of carbonyl (C=O) groups excluding carboxylic acids is 3. The quantitative estimate of drug-likeness (QED) is 0.395. The van der Waals surface area contributed by atoms with Crippen LogP contribution in [0.2, 0.25) is 0 Å². The number of hydrogen-bond donors (Lipinski definition) is 3. The maximum absolute atomic E-state index is 13.1. The van der Waals surface area contributed by atoms with Crippen molar-refractivity contribution in [1.29, 1.82) is 0 Å². The van der Waals surface area contributed by atoms with E-state index in [9.17, 15) is 14.4 Å². The molecule has 4 aromatic rings. The number of aromatic amines is 1. The molecule has 4 amide bonds. The second kappa shape index (κ2) is 7.20. The standard InChI is InChI=1S/C24H19N5O5/c1-33-15-3-2-14-11-29(21(30)16(14)8-15)12-24(22(31)27-23(32)28-24)20-9-18-19(34-20)5-4-17(26-18)13-6-7-25-10-13/h2-10,25H,11-12H2,1H3,(H2,27,28,31,32)/t24-/m0/s1. The van der Waals surface area contributed by atoms with E-state index in [1.807, 2.05) is 24.4 Å². The van der Waals surface area contributed by atoms with Crippen molar-refractivity contribution in [2.45, 2.75) is 12.1 Å². The molecule has 2 aliphatic heterocycles. The number of amides is 4. The maximum atomic E-state index is 13.1. The van der Waals surface area contributed by atoms with Crippen LogP contribution in [0.4, 0.5) is 4.79 Å². The molecule has 0 aliphatic carbocycles. The molecular formula is C24H19N5O5. The maximum Gasteiger partial charge on any atom is 0.322 e. The molecule has 0 spiro atoms. The Morgan fingerprint density at radius 2 is 2.03 bits per heavy atom. The van der Waals surface area contributed by atoms with Crippen LogP contribution in [0.15, 0.2) is 59.3 Å². The van der Waals surface area contributed by atoms with E-state index in [1.54, 1.807) is 30.5 Å². The largest absolute Gasteiger partial charge is 0.497 e. The Hall–Kier alpha value is -4.60. The number of H-pyrrole nitrogens is 1. The van der Waals surface area contributed by atoms with Crippen molar-refractivity contribution in [3.8, 4) is 17.0 Å². The lowest BCUT2D eigenvalue weighted by Gasteiger charge is -2.28. The van der Waals surface area contributed by atoms with E-state index < -0.39 is 17.5 Å². The van der Waals surface area contributed by atoms with Gasteiger partial charge in [0.15, 0.2) is 11.1 Å². The molecule has 6 rings (SSSR count). The number of methoxy groups -OCH3 is 1. The SMILES string of the molecule is COc1ccc2c(c1)C(=O)N(C[C@@]1(c3cc4nc(-c5cc[nH]c5)ccc4o3)NC(=O)NC1=O)C2. The fraction of sp³-hybridized carbons (Fsp3) is 0.167. The molecule has 3 N–H and O–H groups in total. The molecule has 0 bridgehead atoms. The average Bonchev–Trinajstić information content (AvgIpc) is 3.61. The third kappa shape index (κ3) is 2.95. The van der Waals surface area contributed by atoms with E-state index in [1.165, 1.54) is 12.0 Å². The second-order valence-electron chi connectivity index (χ2n) is 8.29. The number of nitrogens with zero attached hydrogens (tertiary/aromatic N) is 2. The first-order chi connectivity index (χ1) is 16.5. The molecule has 1 aromatic carbocycles. The van der Waals surface area contributed by atoms with Crippen molar-refractivity contribution in [1.82, 2.24) is 25.5 Å². The third-order valence-corrected chi connectivity index (χ3v) is 6.25. The van der Waals surface area contributed by atoms with Gasteiger partial charge in [0.05, 0.1) is 19.3 Å². The van der Waals surface area contributed by atoms with E-state index in [0.717, 1.165) is 16.8 Å². The number of benzene rings is 1. The predicted molar refractivity (Wildman–Crippen MR) is 120 cm³/mol. The number of ether oxygens (including phenoxy) is 1. The zero-order valence-electron chi connectivity index (χ0n) is 18.0. The highest BCUT2D eigenvalue weighted by molar-refractivity contribution is 6.08. The van der Waals surface area contributed by atoms with Gasteiger partial charge in [0.25, 0.3) is 11.8 Å². The topological polar surface area (TPSA) is 130 Å². The van der Waals surface area contributed by atoms with Crippen LogP contribution < -0.4 is 15.4 Å². The van der Waals surface area contributed by atoms with Gasteiger partial charge in [0, 0.05) is 36.1 Å². The molecule has 5 heterocycles. The van der Waals surface area contributed by atoms with Crippen molar-refractivity contribution in [2.75, 3.05) is 13.7 Å². The van der Waals surface area contributed by atoms with Gasteiger partial charge in [-0.1, -0.05) is 6.07 Å². The first-order valence-electron chi connectivity index (χ1n) is 10.6. The lowest BCUT2D eigenvalue weighted by Crippen LogP contribution is -2.52. The Morgan fingerprint density at radius 1 is 1.15 bits per heavy atom. The van der Waals surface area contributed by atoms with Crippen LogP contribution in [0.25, 0.3) is 22.4 Å². The lowest BCUT2D eigenvalue weighted by atomic mass is 9.95. The normalized spacial score (nSPS) is 19.4. The van der Waals surface area contributed by atoms with Crippen LogP contribution in [-0.4, -0.2) is 46.4 Å². The van der Waals surface area contributed by atoms with Gasteiger partial charge in [-0.2, -0.15) is 0 Å². The summed E-state index contributed by atoms with van der Waals surface area (Å²) in [5.41, 5.74) is 2.35. The second-order valence-corrected chi connectivity index (χ2v) is 8.29.